The first-order chi connectivity index (χ1) is 31.3. The molecule has 1 amide bonds. The molecule has 6 aromatic rings. The lowest BCUT2D eigenvalue weighted by molar-refractivity contribution is -0.142. The molecule has 2 aliphatic rings. The zero-order chi connectivity index (χ0) is 45.8. The highest BCUT2D eigenvalue weighted by molar-refractivity contribution is 7.91. The Labute approximate surface area is 390 Å². The number of nitrogens with one attached hydrogen (secondary N) is 2. The van der Waals surface area contributed by atoms with Crippen LogP contribution in [0.3, 0.4) is 0 Å². The van der Waals surface area contributed by atoms with Gasteiger partial charge in [-0.1, -0.05) is 96.1 Å². The van der Waals surface area contributed by atoms with Crippen molar-refractivity contribution < 1.29 is 37.3 Å². The first-order valence-corrected chi connectivity index (χ1v) is 23.8. The number of carbonyl (C=O) groups is 2. The number of halogens is 2. The van der Waals surface area contributed by atoms with Crippen LogP contribution in [0.1, 0.15) is 58.5 Å². The third-order valence-corrected chi connectivity index (χ3v) is 15.4. The molecule has 0 fully saturated rings. The van der Waals surface area contributed by atoms with Gasteiger partial charge in [-0.2, -0.15) is 9.57 Å². The summed E-state index contributed by atoms with van der Waals surface area (Å²) in [7, 11) is -4.36. The van der Waals surface area contributed by atoms with Crippen molar-refractivity contribution in [1.29, 1.82) is 5.26 Å². The number of ether oxygens (including phenoxy) is 3. The number of carbonyl (C=O) groups excluding carboxylic acids is 1. The molecular weight excluding hydrogens is 910 g/mol. The lowest BCUT2D eigenvalue weighted by Gasteiger charge is -2.36. The molecule has 0 spiro atoms. The van der Waals surface area contributed by atoms with Crippen LogP contribution in [0.15, 0.2) is 107 Å². The molecule has 334 valence electrons. The Balaban J connectivity index is 1.02. The van der Waals surface area contributed by atoms with Crippen LogP contribution in [-0.2, 0) is 45.6 Å². The SMILES string of the molecule is CCCNc1nc(C)c(S(=O)(=O)N2Cc3cc4c(cc3CC2C(=O)N[C@@H](Cc2ccc(-c3ccc(C#N)cc3)cc2)C(=O)O)OC[C@H](c2ccc(OCc3ccc(Cl)c(Cl)c3)cc2)O4)s1. The number of thiazole rings is 1. The number of nitrogens with zero attached hydrogens (tertiary/aromatic N) is 3. The molecule has 0 saturated carbocycles. The maximum absolute atomic E-state index is 14.7. The molecule has 1 aromatic heterocycles. The molecule has 8 rings (SSSR count). The fourth-order valence-corrected chi connectivity index (χ4v) is 11.1. The molecule has 5 aromatic carbocycles. The van der Waals surface area contributed by atoms with Crippen LogP contribution in [-0.4, -0.2) is 59.9 Å². The molecule has 65 heavy (non-hydrogen) atoms. The Kier molecular flexibility index (Phi) is 13.6. The molecule has 3 heterocycles. The van der Waals surface area contributed by atoms with Crippen LogP contribution in [0.25, 0.3) is 11.1 Å². The van der Waals surface area contributed by atoms with Crippen LogP contribution >= 0.6 is 34.5 Å². The second-order valence-corrected chi connectivity index (χ2v) is 19.6. The Bertz CT molecular complexity index is 2890. The highest BCUT2D eigenvalue weighted by Gasteiger charge is 2.43. The minimum absolute atomic E-state index is 0.0171. The number of rotatable bonds is 15. The van der Waals surface area contributed by atoms with E-state index in [4.69, 9.17) is 42.7 Å². The van der Waals surface area contributed by atoms with E-state index in [-0.39, 0.29) is 35.9 Å². The number of fused-ring (bicyclic) bond motifs is 2. The van der Waals surface area contributed by atoms with Gasteiger partial charge in [0.25, 0.3) is 10.0 Å². The Hall–Kier alpha value is -6.15. The Morgan fingerprint density at radius 3 is 2.32 bits per heavy atom. The lowest BCUT2D eigenvalue weighted by Crippen LogP contribution is -2.55. The van der Waals surface area contributed by atoms with Gasteiger partial charge < -0.3 is 30.0 Å². The number of carboxylic acid groups (broad SMARTS) is 1. The molecule has 0 saturated heterocycles. The van der Waals surface area contributed by atoms with E-state index >= 15 is 0 Å². The average Bonchev–Trinajstić information content (AvgIpc) is 3.70. The molecule has 0 radical (unpaired) electrons. The molecule has 1 unspecified atom stereocenters. The smallest absolute Gasteiger partial charge is 0.326 e. The van der Waals surface area contributed by atoms with Gasteiger partial charge >= 0.3 is 5.97 Å². The third-order valence-electron chi connectivity index (χ3n) is 11.1. The fourth-order valence-electron chi connectivity index (χ4n) is 7.65. The number of aromatic nitrogens is 1. The standard InChI is InChI=1S/C48H43Cl2N5O8S2/c1-3-18-52-48-53-28(2)47(64-48)65(59,60)55-25-36-23-43-42(62-27-44(63-43)34-13-15-37(16-14-34)61-26-31-8-17-38(49)39(50)19-31)22-35(36)21-41(55)45(56)54-40(46(57)58)20-29-4-9-32(10-5-29)33-11-6-30(24-51)7-12-33/h4-17,19,22-23,40-41,44H,3,18,20-21,25-27H2,1-2H3,(H,52,53)(H,54,56)(H,57,58)/t40-,41?,44+/m0/s1. The second kappa shape index (κ2) is 19.5. The van der Waals surface area contributed by atoms with Gasteiger partial charge in [-0.05, 0) is 107 Å². The van der Waals surface area contributed by atoms with Gasteiger partial charge in [-0.15, -0.1) is 0 Å². The molecule has 13 nitrogen and oxygen atoms in total. The number of carboxylic acids is 1. The van der Waals surface area contributed by atoms with E-state index in [2.05, 4.69) is 21.7 Å². The van der Waals surface area contributed by atoms with E-state index < -0.39 is 40.1 Å². The van der Waals surface area contributed by atoms with Gasteiger partial charge in [-0.25, -0.2) is 18.2 Å². The lowest BCUT2D eigenvalue weighted by atomic mass is 9.94. The number of aliphatic carboxylic acids is 1. The predicted octanol–water partition coefficient (Wildman–Crippen LogP) is 9.14. The van der Waals surface area contributed by atoms with E-state index in [0.717, 1.165) is 44.3 Å². The summed E-state index contributed by atoms with van der Waals surface area (Å²) in [6, 6.07) is 30.0. The van der Waals surface area contributed by atoms with Crippen LogP contribution in [0.2, 0.25) is 10.0 Å². The molecule has 0 bridgehead atoms. The van der Waals surface area contributed by atoms with Crippen molar-refractivity contribution >= 4 is 61.6 Å². The monoisotopic (exact) mass is 951 g/mol. The Morgan fingerprint density at radius 1 is 0.954 bits per heavy atom. The van der Waals surface area contributed by atoms with Gasteiger partial charge in [-0.3, -0.25) is 4.79 Å². The van der Waals surface area contributed by atoms with Crippen molar-refractivity contribution in [2.45, 2.75) is 68.7 Å². The quantitative estimate of drug-likeness (QED) is 0.0894. The Morgan fingerprint density at radius 2 is 1.65 bits per heavy atom. The molecule has 2 aliphatic heterocycles. The highest BCUT2D eigenvalue weighted by atomic mass is 35.5. The van der Waals surface area contributed by atoms with Gasteiger partial charge in [0, 0.05) is 19.5 Å². The minimum Gasteiger partial charge on any atom is -0.489 e. The van der Waals surface area contributed by atoms with Crippen LogP contribution in [0.4, 0.5) is 5.13 Å². The summed E-state index contributed by atoms with van der Waals surface area (Å²) >= 11 is 13.2. The second-order valence-electron chi connectivity index (χ2n) is 15.7. The summed E-state index contributed by atoms with van der Waals surface area (Å²) in [4.78, 5) is 31.5. The predicted molar refractivity (Wildman–Crippen MR) is 248 cm³/mol. The summed E-state index contributed by atoms with van der Waals surface area (Å²) in [6.07, 6.45) is 0.199. The molecule has 3 N–H and O–H groups in total. The number of hydrogen-bond donors (Lipinski definition) is 3. The zero-order valence-electron chi connectivity index (χ0n) is 35.2. The largest absolute Gasteiger partial charge is 0.489 e. The van der Waals surface area contributed by atoms with Gasteiger partial charge in [0.2, 0.25) is 5.91 Å². The third kappa shape index (κ3) is 10.2. The number of hydrogen-bond acceptors (Lipinski definition) is 11. The van der Waals surface area contributed by atoms with Crippen molar-refractivity contribution in [2.75, 3.05) is 18.5 Å². The van der Waals surface area contributed by atoms with Crippen molar-refractivity contribution in [3.63, 3.8) is 0 Å². The number of nitriles is 1. The maximum atomic E-state index is 14.7. The van der Waals surface area contributed by atoms with Crippen LogP contribution in [0, 0.1) is 18.3 Å². The first-order valence-electron chi connectivity index (χ1n) is 20.8. The van der Waals surface area contributed by atoms with E-state index in [0.29, 0.717) is 67.8 Å². The summed E-state index contributed by atoms with van der Waals surface area (Å²) < 4.78 is 49.1. The highest BCUT2D eigenvalue weighted by Crippen LogP contribution is 2.42. The van der Waals surface area contributed by atoms with Gasteiger partial charge in [0.05, 0.1) is 27.4 Å². The molecule has 0 aliphatic carbocycles. The van der Waals surface area contributed by atoms with Crippen LogP contribution < -0.4 is 24.8 Å². The maximum Gasteiger partial charge on any atom is 0.326 e. The number of aryl methyl sites for hydroxylation is 1. The topological polar surface area (TPSA) is 180 Å². The van der Waals surface area contributed by atoms with Crippen molar-refractivity contribution in [2.24, 2.45) is 0 Å². The van der Waals surface area contributed by atoms with E-state index in [9.17, 15) is 23.1 Å². The fraction of sp³-hybridized carbons (Fsp3) is 0.250. The summed E-state index contributed by atoms with van der Waals surface area (Å²) in [5, 5.41) is 26.7. The zero-order valence-corrected chi connectivity index (χ0v) is 38.4. The number of anilines is 1. The van der Waals surface area contributed by atoms with E-state index in [1.807, 2.05) is 61.5 Å². The average molecular weight is 953 g/mol. The summed E-state index contributed by atoms with van der Waals surface area (Å²) in [6.45, 7) is 4.47. The van der Waals surface area contributed by atoms with Crippen molar-refractivity contribution in [1.82, 2.24) is 14.6 Å². The van der Waals surface area contributed by atoms with Gasteiger partial charge in [0.1, 0.15) is 31.0 Å². The van der Waals surface area contributed by atoms with E-state index in [1.54, 1.807) is 55.5 Å². The number of sulfonamides is 1. The first kappa shape index (κ1) is 45.4. The van der Waals surface area contributed by atoms with Crippen molar-refractivity contribution in [3.8, 4) is 34.4 Å². The van der Waals surface area contributed by atoms with Crippen LogP contribution in [0.5, 0.6) is 17.2 Å². The number of benzene rings is 5. The normalized spacial score (nSPS) is 16.2. The van der Waals surface area contributed by atoms with Gasteiger partial charge in [0.15, 0.2) is 26.9 Å². The number of amides is 1. The van der Waals surface area contributed by atoms with Crippen molar-refractivity contribution in [3.05, 3.63) is 152 Å². The molecular formula is C48H43Cl2N5O8S2. The van der Waals surface area contributed by atoms with E-state index in [1.165, 1.54) is 0 Å². The molecule has 3 atom stereocenters. The minimum atomic E-state index is -4.36. The molecule has 17 heteroatoms. The summed E-state index contributed by atoms with van der Waals surface area (Å²) in [5.74, 6) is -0.539. The summed E-state index contributed by atoms with van der Waals surface area (Å²) in [5.41, 5.74) is 6.18.